The molecule has 2 amide bonds. The zero-order chi connectivity index (χ0) is 29.6. The van der Waals surface area contributed by atoms with Crippen molar-refractivity contribution >= 4 is 39.5 Å². The minimum atomic E-state index is -0.172. The molecule has 5 heterocycles. The number of carbonyl (C=O) groups is 1. The van der Waals surface area contributed by atoms with Crippen LogP contribution in [-0.4, -0.2) is 72.1 Å². The summed E-state index contributed by atoms with van der Waals surface area (Å²) >= 11 is 0. The molecule has 0 radical (unpaired) electrons. The molecule has 0 spiro atoms. The van der Waals surface area contributed by atoms with E-state index in [9.17, 15) is 4.79 Å². The molecule has 1 N–H and O–H groups in total. The SMILES string of the molecule is CC1[C@@H]2CN(C(=O)Nc3cccc4ccccc34)CCN2[C@H](c2ccccn2)N1c1nccc(-n2cnc3ccccc32)n1. The first-order chi connectivity index (χ1) is 21.7. The van der Waals surface area contributed by atoms with Crippen LogP contribution in [0.5, 0.6) is 0 Å². The summed E-state index contributed by atoms with van der Waals surface area (Å²) in [7, 11) is 0. The maximum absolute atomic E-state index is 13.6. The number of amides is 2. The first kappa shape index (κ1) is 26.3. The summed E-state index contributed by atoms with van der Waals surface area (Å²) in [6.07, 6.45) is 5.26. The van der Waals surface area contributed by atoms with E-state index in [0.717, 1.165) is 39.0 Å². The van der Waals surface area contributed by atoms with Gasteiger partial charge in [-0.05, 0) is 48.7 Å². The van der Waals surface area contributed by atoms with Crippen molar-refractivity contribution in [2.24, 2.45) is 0 Å². The van der Waals surface area contributed by atoms with Crippen molar-refractivity contribution in [1.29, 1.82) is 0 Å². The first-order valence-corrected chi connectivity index (χ1v) is 14.9. The van der Waals surface area contributed by atoms with Gasteiger partial charge in [0.05, 0.1) is 22.4 Å². The van der Waals surface area contributed by atoms with Crippen LogP contribution < -0.4 is 10.2 Å². The normalized spacial score (nSPS) is 20.2. The Balaban J connectivity index is 1.11. The summed E-state index contributed by atoms with van der Waals surface area (Å²) < 4.78 is 1.99. The van der Waals surface area contributed by atoms with Crippen LogP contribution in [0.2, 0.25) is 0 Å². The number of para-hydroxylation sites is 2. The third kappa shape index (κ3) is 4.42. The molecule has 2 saturated heterocycles. The summed E-state index contributed by atoms with van der Waals surface area (Å²) in [5.74, 6) is 1.36. The van der Waals surface area contributed by atoms with Gasteiger partial charge in [0.25, 0.3) is 0 Å². The van der Waals surface area contributed by atoms with E-state index >= 15 is 0 Å². The minimum absolute atomic E-state index is 0.00458. The van der Waals surface area contributed by atoms with Gasteiger partial charge in [-0.2, -0.15) is 4.98 Å². The number of urea groups is 1. The predicted octanol–water partition coefficient (Wildman–Crippen LogP) is 5.49. The second-order valence-electron chi connectivity index (χ2n) is 11.3. The van der Waals surface area contributed by atoms with E-state index in [2.05, 4.69) is 45.2 Å². The quantitative estimate of drug-likeness (QED) is 0.294. The summed E-state index contributed by atoms with van der Waals surface area (Å²) in [5, 5.41) is 5.31. The fraction of sp³-hybridized carbons (Fsp3) is 0.206. The monoisotopic (exact) mass is 581 g/mol. The lowest BCUT2D eigenvalue weighted by atomic mass is 10.1. The van der Waals surface area contributed by atoms with Gasteiger partial charge in [0, 0.05) is 49.5 Å². The van der Waals surface area contributed by atoms with E-state index in [1.807, 2.05) is 88.5 Å². The number of piperazine rings is 1. The number of hydrogen-bond acceptors (Lipinski definition) is 7. The number of rotatable bonds is 4. The van der Waals surface area contributed by atoms with Crippen molar-refractivity contribution in [2.45, 2.75) is 25.2 Å². The average molecular weight is 582 g/mol. The van der Waals surface area contributed by atoms with Crippen LogP contribution in [-0.2, 0) is 0 Å². The molecule has 3 aromatic carbocycles. The lowest BCUT2D eigenvalue weighted by Crippen LogP contribution is -2.55. The van der Waals surface area contributed by atoms with Crippen molar-refractivity contribution in [2.75, 3.05) is 29.9 Å². The molecule has 3 atom stereocenters. The van der Waals surface area contributed by atoms with Crippen LogP contribution in [0.15, 0.2) is 110 Å². The summed E-state index contributed by atoms with van der Waals surface area (Å²) in [6.45, 7) is 4.05. The lowest BCUT2D eigenvalue weighted by molar-refractivity contribution is 0.0932. The number of hydrogen-bond donors (Lipinski definition) is 1. The second-order valence-corrected chi connectivity index (χ2v) is 11.3. The second kappa shape index (κ2) is 10.7. The molecule has 0 aliphatic carbocycles. The number of anilines is 2. The Labute approximate surface area is 254 Å². The van der Waals surface area contributed by atoms with Crippen LogP contribution in [0.1, 0.15) is 18.8 Å². The Kier molecular flexibility index (Phi) is 6.41. The summed E-state index contributed by atoms with van der Waals surface area (Å²) in [5.41, 5.74) is 3.64. The third-order valence-corrected chi connectivity index (χ3v) is 8.87. The molecule has 1 unspecified atom stereocenters. The average Bonchev–Trinajstić information content (AvgIpc) is 3.64. The molecular weight excluding hydrogens is 550 g/mol. The number of benzene rings is 3. The van der Waals surface area contributed by atoms with Crippen molar-refractivity contribution in [3.05, 3.63) is 115 Å². The molecule has 3 aromatic heterocycles. The summed E-state index contributed by atoms with van der Waals surface area (Å²) in [6, 6.07) is 30.0. The maximum Gasteiger partial charge on any atom is 0.321 e. The van der Waals surface area contributed by atoms with Gasteiger partial charge in [0.1, 0.15) is 18.3 Å². The Morgan fingerprint density at radius 3 is 2.59 bits per heavy atom. The predicted molar refractivity (Wildman–Crippen MR) is 171 cm³/mol. The van der Waals surface area contributed by atoms with Crippen molar-refractivity contribution in [3.63, 3.8) is 0 Å². The van der Waals surface area contributed by atoms with E-state index < -0.39 is 0 Å². The van der Waals surface area contributed by atoms with E-state index in [0.29, 0.717) is 25.6 Å². The zero-order valence-corrected chi connectivity index (χ0v) is 24.2. The van der Waals surface area contributed by atoms with Gasteiger partial charge in [-0.15, -0.1) is 0 Å². The number of nitrogens with zero attached hydrogens (tertiary/aromatic N) is 8. The molecule has 10 nitrogen and oxygen atoms in total. The first-order valence-electron chi connectivity index (χ1n) is 14.9. The Morgan fingerprint density at radius 1 is 0.841 bits per heavy atom. The number of pyridine rings is 1. The molecule has 2 fully saturated rings. The van der Waals surface area contributed by atoms with Gasteiger partial charge in [-0.3, -0.25) is 14.5 Å². The van der Waals surface area contributed by atoms with Crippen molar-refractivity contribution in [3.8, 4) is 5.82 Å². The van der Waals surface area contributed by atoms with E-state index in [-0.39, 0.29) is 24.3 Å². The molecule has 6 aromatic rings. The van der Waals surface area contributed by atoms with Gasteiger partial charge < -0.3 is 15.1 Å². The number of carbonyl (C=O) groups excluding carboxylic acids is 1. The molecule has 0 saturated carbocycles. The fourth-order valence-electron chi connectivity index (χ4n) is 6.71. The van der Waals surface area contributed by atoms with E-state index in [4.69, 9.17) is 15.0 Å². The van der Waals surface area contributed by atoms with Gasteiger partial charge in [-0.25, -0.2) is 14.8 Å². The highest BCUT2D eigenvalue weighted by atomic mass is 16.2. The van der Waals surface area contributed by atoms with Crippen LogP contribution in [0.3, 0.4) is 0 Å². The van der Waals surface area contributed by atoms with Crippen molar-refractivity contribution < 1.29 is 4.79 Å². The van der Waals surface area contributed by atoms with Crippen LogP contribution in [0, 0.1) is 0 Å². The lowest BCUT2D eigenvalue weighted by Gasteiger charge is -2.39. The van der Waals surface area contributed by atoms with E-state index in [1.54, 1.807) is 12.5 Å². The minimum Gasteiger partial charge on any atom is -0.322 e. The smallest absolute Gasteiger partial charge is 0.321 e. The molecule has 0 bridgehead atoms. The number of aromatic nitrogens is 5. The molecule has 2 aliphatic rings. The van der Waals surface area contributed by atoms with E-state index in [1.165, 1.54) is 0 Å². The Morgan fingerprint density at radius 2 is 1.68 bits per heavy atom. The molecule has 8 rings (SSSR count). The number of nitrogens with one attached hydrogen (secondary N) is 1. The maximum atomic E-state index is 13.6. The number of imidazole rings is 1. The topological polar surface area (TPSA) is 95.3 Å². The highest BCUT2D eigenvalue weighted by Crippen LogP contribution is 2.41. The molecule has 44 heavy (non-hydrogen) atoms. The molecule has 2 aliphatic heterocycles. The standard InChI is InChI=1S/C34H31N9O/c1-23-30-21-40(34(44)38-26-14-8-10-24-9-2-3-11-25(24)26)19-20-41(30)32(28-13-6-7-17-35-28)43(23)33-36-18-16-31(39-33)42-22-37-27-12-4-5-15-29(27)42/h2-18,22-23,30,32H,19-21H2,1H3,(H,38,44)/t23?,30-,32-/m0/s1. The summed E-state index contributed by atoms with van der Waals surface area (Å²) in [4.78, 5) is 39.4. The zero-order valence-electron chi connectivity index (χ0n) is 24.2. The van der Waals surface area contributed by atoms with Crippen LogP contribution >= 0.6 is 0 Å². The highest BCUT2D eigenvalue weighted by molar-refractivity contribution is 6.01. The van der Waals surface area contributed by atoms with Gasteiger partial charge in [-0.1, -0.05) is 54.6 Å². The molecule has 218 valence electrons. The fourth-order valence-corrected chi connectivity index (χ4v) is 6.71. The highest BCUT2D eigenvalue weighted by Gasteiger charge is 2.50. The van der Waals surface area contributed by atoms with Crippen molar-refractivity contribution in [1.82, 2.24) is 34.3 Å². The largest absolute Gasteiger partial charge is 0.322 e. The van der Waals surface area contributed by atoms with Crippen LogP contribution in [0.25, 0.3) is 27.6 Å². The van der Waals surface area contributed by atoms with Gasteiger partial charge >= 0.3 is 6.03 Å². The molecular formula is C34H31N9O. The molecule has 10 heteroatoms. The Bertz CT molecular complexity index is 1970. The number of fused-ring (bicyclic) bond motifs is 3. The Hall–Kier alpha value is -5.35. The van der Waals surface area contributed by atoms with Gasteiger partial charge in [0.15, 0.2) is 0 Å². The van der Waals surface area contributed by atoms with Gasteiger partial charge in [0.2, 0.25) is 5.95 Å². The third-order valence-electron chi connectivity index (χ3n) is 8.87. The van der Waals surface area contributed by atoms with Crippen LogP contribution in [0.4, 0.5) is 16.4 Å².